The highest BCUT2D eigenvalue weighted by Gasteiger charge is 2.32. The first-order chi connectivity index (χ1) is 10.2. The van der Waals surface area contributed by atoms with Gasteiger partial charge in [0.25, 0.3) is 0 Å². The fraction of sp³-hybridized carbons (Fsp3) is 0.312. The first-order valence-corrected chi connectivity index (χ1v) is 7.30. The summed E-state index contributed by atoms with van der Waals surface area (Å²) in [5.41, 5.74) is 0.259. The van der Waals surface area contributed by atoms with Crippen molar-refractivity contribution < 1.29 is 13.6 Å². The van der Waals surface area contributed by atoms with Gasteiger partial charge in [-0.3, -0.25) is 4.79 Å². The highest BCUT2D eigenvalue weighted by Crippen LogP contribution is 2.33. The molecular weight excluding hydrogens is 293 g/mol. The Kier molecular flexibility index (Phi) is 3.97. The minimum Gasteiger partial charge on any atom is -0.467 e. The fourth-order valence-corrected chi connectivity index (χ4v) is 3.03. The summed E-state index contributed by atoms with van der Waals surface area (Å²) >= 11 is 5.99. The first-order valence-electron chi connectivity index (χ1n) is 6.92. The van der Waals surface area contributed by atoms with E-state index in [1.54, 1.807) is 17.2 Å². The predicted molar refractivity (Wildman–Crippen MR) is 77.5 cm³/mol. The van der Waals surface area contributed by atoms with E-state index in [9.17, 15) is 9.18 Å². The van der Waals surface area contributed by atoms with Crippen LogP contribution in [-0.2, 0) is 11.2 Å². The molecule has 0 unspecified atom stereocenters. The van der Waals surface area contributed by atoms with Gasteiger partial charge in [0.1, 0.15) is 11.6 Å². The molecule has 0 spiro atoms. The molecule has 3 rings (SSSR count). The van der Waals surface area contributed by atoms with E-state index in [1.807, 2.05) is 12.1 Å². The Labute approximate surface area is 127 Å². The van der Waals surface area contributed by atoms with Crippen LogP contribution in [0.4, 0.5) is 4.39 Å². The predicted octanol–water partition coefficient (Wildman–Crippen LogP) is 3.98. The third kappa shape index (κ3) is 2.81. The van der Waals surface area contributed by atoms with Crippen molar-refractivity contribution >= 4 is 17.5 Å². The molecule has 1 aliphatic heterocycles. The SMILES string of the molecule is O=C(Cc1c(F)cccc1Cl)N1CCC[C@@H]1c1ccco1. The molecule has 21 heavy (non-hydrogen) atoms. The second kappa shape index (κ2) is 5.90. The number of rotatable bonds is 3. The Bertz CT molecular complexity index is 621. The lowest BCUT2D eigenvalue weighted by molar-refractivity contribution is -0.131. The molecule has 0 radical (unpaired) electrons. The van der Waals surface area contributed by atoms with Crippen molar-refractivity contribution in [1.82, 2.24) is 4.90 Å². The number of amides is 1. The van der Waals surface area contributed by atoms with Crippen LogP contribution in [-0.4, -0.2) is 17.4 Å². The molecule has 5 heteroatoms. The topological polar surface area (TPSA) is 33.5 Å². The summed E-state index contributed by atoms with van der Waals surface area (Å²) in [5, 5.41) is 0.289. The van der Waals surface area contributed by atoms with Crippen LogP contribution in [0.25, 0.3) is 0 Å². The van der Waals surface area contributed by atoms with E-state index in [2.05, 4.69) is 0 Å². The van der Waals surface area contributed by atoms with Gasteiger partial charge >= 0.3 is 0 Å². The number of halogens is 2. The van der Waals surface area contributed by atoms with Gasteiger partial charge in [0.05, 0.1) is 18.7 Å². The highest BCUT2D eigenvalue weighted by atomic mass is 35.5. The summed E-state index contributed by atoms with van der Waals surface area (Å²) in [7, 11) is 0. The smallest absolute Gasteiger partial charge is 0.227 e. The fourth-order valence-electron chi connectivity index (χ4n) is 2.80. The number of furan rings is 1. The third-order valence-electron chi connectivity index (χ3n) is 3.83. The molecule has 1 amide bonds. The summed E-state index contributed by atoms with van der Waals surface area (Å²) < 4.78 is 19.2. The van der Waals surface area contributed by atoms with Crippen molar-refractivity contribution in [3.8, 4) is 0 Å². The number of carbonyl (C=O) groups is 1. The van der Waals surface area contributed by atoms with Gasteiger partial charge in [-0.15, -0.1) is 0 Å². The minimum atomic E-state index is -0.440. The maximum atomic E-state index is 13.8. The quantitative estimate of drug-likeness (QED) is 0.859. The van der Waals surface area contributed by atoms with Gasteiger partial charge in [-0.1, -0.05) is 17.7 Å². The second-order valence-corrected chi connectivity index (χ2v) is 5.54. The molecule has 2 aromatic rings. The van der Waals surface area contributed by atoms with E-state index in [0.29, 0.717) is 6.54 Å². The van der Waals surface area contributed by atoms with Crippen LogP contribution in [0.2, 0.25) is 5.02 Å². The molecule has 0 bridgehead atoms. The van der Waals surface area contributed by atoms with Crippen LogP contribution < -0.4 is 0 Å². The number of carbonyl (C=O) groups excluding carboxylic acids is 1. The lowest BCUT2D eigenvalue weighted by atomic mass is 10.1. The zero-order valence-corrected chi connectivity index (χ0v) is 12.1. The van der Waals surface area contributed by atoms with Crippen molar-refractivity contribution in [2.75, 3.05) is 6.54 Å². The zero-order valence-electron chi connectivity index (χ0n) is 11.4. The number of likely N-dealkylation sites (tertiary alicyclic amines) is 1. The molecule has 3 nitrogen and oxygen atoms in total. The van der Waals surface area contributed by atoms with Gasteiger partial charge in [0.2, 0.25) is 5.91 Å². The Balaban J connectivity index is 1.79. The van der Waals surface area contributed by atoms with Crippen molar-refractivity contribution in [2.45, 2.75) is 25.3 Å². The summed E-state index contributed by atoms with van der Waals surface area (Å²) in [6, 6.07) is 8.07. The van der Waals surface area contributed by atoms with Gasteiger partial charge in [0, 0.05) is 17.1 Å². The summed E-state index contributed by atoms with van der Waals surface area (Å²) in [5.74, 6) is 0.214. The van der Waals surface area contributed by atoms with Crippen molar-refractivity contribution in [2.24, 2.45) is 0 Å². The maximum Gasteiger partial charge on any atom is 0.227 e. The normalized spacial score (nSPS) is 18.2. The lowest BCUT2D eigenvalue weighted by Gasteiger charge is -2.23. The Morgan fingerprint density at radius 1 is 1.38 bits per heavy atom. The molecule has 110 valence electrons. The summed E-state index contributed by atoms with van der Waals surface area (Å²) in [6.45, 7) is 0.663. The van der Waals surface area contributed by atoms with Crippen LogP contribution in [0.3, 0.4) is 0 Å². The molecule has 1 saturated heterocycles. The minimum absolute atomic E-state index is 0.0251. The largest absolute Gasteiger partial charge is 0.467 e. The molecule has 1 aliphatic rings. The van der Waals surface area contributed by atoms with E-state index in [-0.39, 0.29) is 29.0 Å². The standard InChI is InChI=1S/C16H15ClFNO2/c17-12-4-1-5-13(18)11(12)10-16(20)19-8-2-6-14(19)15-7-3-9-21-15/h1,3-5,7,9,14H,2,6,8,10H2/t14-/m1/s1. The number of hydrogen-bond donors (Lipinski definition) is 0. The number of hydrogen-bond acceptors (Lipinski definition) is 2. The Morgan fingerprint density at radius 2 is 2.24 bits per heavy atom. The van der Waals surface area contributed by atoms with E-state index in [0.717, 1.165) is 18.6 Å². The van der Waals surface area contributed by atoms with Crippen LogP contribution >= 0.6 is 11.6 Å². The number of nitrogens with zero attached hydrogens (tertiary/aromatic N) is 1. The maximum absolute atomic E-state index is 13.8. The molecular formula is C16H15ClFNO2. The van der Waals surface area contributed by atoms with E-state index < -0.39 is 5.82 Å². The van der Waals surface area contributed by atoms with Crippen molar-refractivity contribution in [1.29, 1.82) is 0 Å². The molecule has 1 atom stereocenters. The lowest BCUT2D eigenvalue weighted by Crippen LogP contribution is -2.32. The third-order valence-corrected chi connectivity index (χ3v) is 4.19. The molecule has 2 heterocycles. The van der Waals surface area contributed by atoms with Gasteiger partial charge in [-0.05, 0) is 37.1 Å². The molecule has 1 aromatic heterocycles. The summed E-state index contributed by atoms with van der Waals surface area (Å²) in [6.07, 6.45) is 3.36. The molecule has 0 N–H and O–H groups in total. The Hall–Kier alpha value is -1.81. The van der Waals surface area contributed by atoms with Crippen LogP contribution in [0.5, 0.6) is 0 Å². The van der Waals surface area contributed by atoms with Gasteiger partial charge in [0.15, 0.2) is 0 Å². The van der Waals surface area contributed by atoms with E-state index in [4.69, 9.17) is 16.0 Å². The molecule has 1 aromatic carbocycles. The van der Waals surface area contributed by atoms with E-state index in [1.165, 1.54) is 12.1 Å². The molecule has 1 fully saturated rings. The summed E-state index contributed by atoms with van der Waals surface area (Å²) in [4.78, 5) is 14.2. The average molecular weight is 308 g/mol. The zero-order chi connectivity index (χ0) is 14.8. The average Bonchev–Trinajstić information content (AvgIpc) is 3.12. The van der Waals surface area contributed by atoms with E-state index >= 15 is 0 Å². The second-order valence-electron chi connectivity index (χ2n) is 5.14. The van der Waals surface area contributed by atoms with Gasteiger partial charge < -0.3 is 9.32 Å². The van der Waals surface area contributed by atoms with Crippen molar-refractivity contribution in [3.05, 3.63) is 58.8 Å². The van der Waals surface area contributed by atoms with Crippen LogP contribution in [0, 0.1) is 5.82 Å². The molecule has 0 saturated carbocycles. The Morgan fingerprint density at radius 3 is 2.95 bits per heavy atom. The monoisotopic (exact) mass is 307 g/mol. The van der Waals surface area contributed by atoms with Crippen LogP contribution in [0.1, 0.15) is 30.2 Å². The molecule has 0 aliphatic carbocycles. The van der Waals surface area contributed by atoms with Gasteiger partial charge in [-0.25, -0.2) is 4.39 Å². The number of benzene rings is 1. The van der Waals surface area contributed by atoms with Crippen molar-refractivity contribution in [3.63, 3.8) is 0 Å². The first kappa shape index (κ1) is 14.1. The van der Waals surface area contributed by atoms with Gasteiger partial charge in [-0.2, -0.15) is 0 Å². The van der Waals surface area contributed by atoms with Crippen LogP contribution in [0.15, 0.2) is 41.0 Å². The highest BCUT2D eigenvalue weighted by molar-refractivity contribution is 6.31.